The number of methoxy groups -OCH3 is 2. The zero-order valence-electron chi connectivity index (χ0n) is 18.6. The highest BCUT2D eigenvalue weighted by molar-refractivity contribution is 5.93. The van der Waals surface area contributed by atoms with Gasteiger partial charge in [-0.3, -0.25) is 4.79 Å². The molecule has 0 aliphatic carbocycles. The van der Waals surface area contributed by atoms with Gasteiger partial charge in [0.2, 0.25) is 0 Å². The van der Waals surface area contributed by atoms with E-state index in [1.54, 1.807) is 38.5 Å². The van der Waals surface area contributed by atoms with Gasteiger partial charge in [-0.1, -0.05) is 0 Å². The molecule has 1 unspecified atom stereocenters. The van der Waals surface area contributed by atoms with Crippen molar-refractivity contribution in [2.75, 3.05) is 32.6 Å². The topological polar surface area (TPSA) is 78.3 Å². The number of carbonyl (C=O) groups excluding carboxylic acids is 2. The molecule has 0 spiro atoms. The van der Waals surface area contributed by atoms with Crippen LogP contribution in [0.3, 0.4) is 0 Å². The smallest absolute Gasteiger partial charge is 0.338 e. The first-order valence-electron chi connectivity index (χ1n) is 10.6. The lowest BCUT2D eigenvalue weighted by atomic mass is 10.0. The maximum atomic E-state index is 12.7. The molecule has 1 aliphatic heterocycles. The second-order valence-corrected chi connectivity index (χ2v) is 7.97. The minimum Gasteiger partial charge on any atom is -0.497 e. The fraction of sp³-hybridized carbons (Fsp3) is 0.417. The summed E-state index contributed by atoms with van der Waals surface area (Å²) in [6.07, 6.45) is 1.88. The van der Waals surface area contributed by atoms with Gasteiger partial charge in [0.15, 0.2) is 6.54 Å². The molecular formula is C24H31N2O5+. The molecule has 0 bridgehead atoms. The largest absolute Gasteiger partial charge is 0.497 e. The summed E-state index contributed by atoms with van der Waals surface area (Å²) in [5.74, 6) is 1.10. The highest BCUT2D eigenvalue weighted by atomic mass is 16.5. The maximum absolute atomic E-state index is 12.7. The van der Waals surface area contributed by atoms with Crippen molar-refractivity contribution in [2.24, 2.45) is 0 Å². The molecule has 31 heavy (non-hydrogen) atoms. The van der Waals surface area contributed by atoms with Crippen molar-refractivity contribution >= 4 is 17.6 Å². The molecule has 7 heteroatoms. The molecule has 3 rings (SSSR count). The number of carbonyl (C=O) groups is 2. The maximum Gasteiger partial charge on any atom is 0.338 e. The number of amides is 1. The van der Waals surface area contributed by atoms with Crippen molar-refractivity contribution in [2.45, 2.75) is 38.8 Å². The number of hydrogen-bond acceptors (Lipinski definition) is 5. The Morgan fingerprint density at radius 2 is 1.84 bits per heavy atom. The highest BCUT2D eigenvalue weighted by Gasteiger charge is 2.33. The van der Waals surface area contributed by atoms with Gasteiger partial charge in [0, 0.05) is 24.6 Å². The molecule has 7 nitrogen and oxygen atoms in total. The number of rotatable bonds is 8. The van der Waals surface area contributed by atoms with E-state index in [4.69, 9.17) is 14.2 Å². The van der Waals surface area contributed by atoms with Gasteiger partial charge in [0.25, 0.3) is 5.91 Å². The van der Waals surface area contributed by atoms with Crippen LogP contribution >= 0.6 is 0 Å². The van der Waals surface area contributed by atoms with E-state index >= 15 is 0 Å². The summed E-state index contributed by atoms with van der Waals surface area (Å²) in [7, 11) is 3.28. The summed E-state index contributed by atoms with van der Waals surface area (Å²) in [5, 5.41) is 2.93. The molecule has 2 aromatic rings. The molecule has 166 valence electrons. The van der Waals surface area contributed by atoms with Crippen molar-refractivity contribution in [3.8, 4) is 11.5 Å². The predicted molar refractivity (Wildman–Crippen MR) is 118 cm³/mol. The third-order valence-electron chi connectivity index (χ3n) is 5.43. The van der Waals surface area contributed by atoms with E-state index in [2.05, 4.69) is 5.32 Å². The minimum atomic E-state index is -0.370. The average molecular weight is 428 g/mol. The van der Waals surface area contributed by atoms with Crippen LogP contribution in [0.2, 0.25) is 0 Å². The van der Waals surface area contributed by atoms with Gasteiger partial charge in [-0.2, -0.15) is 0 Å². The predicted octanol–water partition coefficient (Wildman–Crippen LogP) is 2.63. The third kappa shape index (κ3) is 5.76. The summed E-state index contributed by atoms with van der Waals surface area (Å²) in [6, 6.07) is 12.8. The number of quaternary nitrogens is 1. The minimum absolute atomic E-state index is 0.0631. The molecule has 2 atom stereocenters. The molecule has 1 saturated heterocycles. The molecule has 2 aromatic carbocycles. The Bertz CT molecular complexity index is 911. The van der Waals surface area contributed by atoms with Gasteiger partial charge in [-0.15, -0.1) is 0 Å². The Morgan fingerprint density at radius 3 is 2.48 bits per heavy atom. The quantitative estimate of drug-likeness (QED) is 0.634. The average Bonchev–Trinajstić information content (AvgIpc) is 3.20. The van der Waals surface area contributed by atoms with E-state index in [0.717, 1.165) is 36.4 Å². The normalized spacial score (nSPS) is 18.0. The number of likely N-dealkylation sites (tertiary alicyclic amines) is 1. The van der Waals surface area contributed by atoms with E-state index in [1.807, 2.05) is 32.0 Å². The van der Waals surface area contributed by atoms with Gasteiger partial charge in [0.05, 0.1) is 38.0 Å². The van der Waals surface area contributed by atoms with Crippen LogP contribution in [0.5, 0.6) is 11.5 Å². The third-order valence-corrected chi connectivity index (χ3v) is 5.43. The summed E-state index contributed by atoms with van der Waals surface area (Å²) in [5.41, 5.74) is 2.21. The number of anilines is 1. The van der Waals surface area contributed by atoms with Crippen LogP contribution in [0, 0.1) is 0 Å². The SMILES string of the molecule is COc1ccc([C@@H]2CCC[NH+]2CC(=O)Nc2ccc(C(=O)OC(C)C)cc2)c(OC)c1. The fourth-order valence-corrected chi connectivity index (χ4v) is 3.99. The van der Waals surface area contributed by atoms with E-state index in [1.165, 1.54) is 4.90 Å². The Labute approximate surface area is 183 Å². The molecule has 1 fully saturated rings. The zero-order chi connectivity index (χ0) is 22.4. The number of nitrogens with one attached hydrogen (secondary N) is 2. The molecule has 0 radical (unpaired) electrons. The summed E-state index contributed by atoms with van der Waals surface area (Å²) < 4.78 is 16.1. The molecule has 0 saturated carbocycles. The van der Waals surface area contributed by atoms with E-state index < -0.39 is 0 Å². The lowest BCUT2D eigenvalue weighted by molar-refractivity contribution is -0.910. The summed E-state index contributed by atoms with van der Waals surface area (Å²) in [4.78, 5) is 25.8. The Balaban J connectivity index is 1.63. The number of esters is 1. The Hall–Kier alpha value is -3.06. The lowest BCUT2D eigenvalue weighted by Gasteiger charge is -2.23. The van der Waals surface area contributed by atoms with Crippen molar-refractivity contribution in [1.29, 1.82) is 0 Å². The van der Waals surface area contributed by atoms with Crippen molar-refractivity contribution in [1.82, 2.24) is 0 Å². The second kappa shape index (κ2) is 10.3. The molecular weight excluding hydrogens is 396 g/mol. The monoisotopic (exact) mass is 427 g/mol. The number of hydrogen-bond donors (Lipinski definition) is 2. The molecule has 2 N–H and O–H groups in total. The Kier molecular flexibility index (Phi) is 7.52. The van der Waals surface area contributed by atoms with Gasteiger partial charge in [-0.25, -0.2) is 4.79 Å². The lowest BCUT2D eigenvalue weighted by Crippen LogP contribution is -3.11. The van der Waals surface area contributed by atoms with Crippen LogP contribution in [0.25, 0.3) is 0 Å². The molecule has 1 amide bonds. The van der Waals surface area contributed by atoms with E-state index in [9.17, 15) is 9.59 Å². The fourth-order valence-electron chi connectivity index (χ4n) is 3.99. The summed E-state index contributed by atoms with van der Waals surface area (Å²) in [6.45, 7) is 4.90. The summed E-state index contributed by atoms with van der Waals surface area (Å²) >= 11 is 0. The van der Waals surface area contributed by atoms with Crippen molar-refractivity contribution in [3.05, 3.63) is 53.6 Å². The zero-order valence-corrected chi connectivity index (χ0v) is 18.6. The van der Waals surface area contributed by atoms with Gasteiger partial charge in [0.1, 0.15) is 17.5 Å². The first-order chi connectivity index (χ1) is 14.9. The van der Waals surface area contributed by atoms with E-state index in [0.29, 0.717) is 17.8 Å². The van der Waals surface area contributed by atoms with Crippen molar-refractivity contribution in [3.63, 3.8) is 0 Å². The van der Waals surface area contributed by atoms with E-state index in [-0.39, 0.29) is 24.0 Å². The number of ether oxygens (including phenoxy) is 3. The second-order valence-electron chi connectivity index (χ2n) is 7.97. The van der Waals surface area contributed by atoms with Crippen molar-refractivity contribution < 1.29 is 28.7 Å². The molecule has 0 aromatic heterocycles. The van der Waals surface area contributed by atoms with Crippen LogP contribution in [0.4, 0.5) is 5.69 Å². The highest BCUT2D eigenvalue weighted by Crippen LogP contribution is 2.31. The van der Waals surface area contributed by atoms with Crippen LogP contribution in [0.1, 0.15) is 48.7 Å². The first-order valence-corrected chi connectivity index (χ1v) is 10.6. The van der Waals surface area contributed by atoms with Crippen LogP contribution < -0.4 is 19.7 Å². The van der Waals surface area contributed by atoms with Gasteiger partial charge in [-0.05, 0) is 50.2 Å². The molecule has 1 heterocycles. The first kappa shape index (κ1) is 22.6. The standard InChI is InChI=1S/C24H30N2O5/c1-16(2)31-24(28)17-7-9-18(10-8-17)25-23(27)15-26-13-5-6-21(26)20-12-11-19(29-3)14-22(20)30-4/h7-12,14,16,21H,5-6,13,15H2,1-4H3,(H,25,27)/p+1/t21-/m0/s1. The Morgan fingerprint density at radius 1 is 1.10 bits per heavy atom. The van der Waals surface area contributed by atoms with Crippen LogP contribution in [-0.4, -0.2) is 45.3 Å². The molecule has 1 aliphatic rings. The van der Waals surface area contributed by atoms with Gasteiger partial charge < -0.3 is 24.4 Å². The van der Waals surface area contributed by atoms with Gasteiger partial charge >= 0.3 is 5.97 Å². The number of benzene rings is 2. The van der Waals surface area contributed by atoms with Crippen LogP contribution in [0.15, 0.2) is 42.5 Å². The van der Waals surface area contributed by atoms with Crippen LogP contribution in [-0.2, 0) is 9.53 Å².